The van der Waals surface area contributed by atoms with E-state index < -0.39 is 41.6 Å². The maximum Gasteiger partial charge on any atom is 0.374 e. The number of phenols is 1. The molecule has 12 heteroatoms. The highest BCUT2D eigenvalue weighted by Gasteiger charge is 2.61. The molecule has 1 rings (SSSR count). The maximum absolute atomic E-state index is 11.2. The van der Waals surface area contributed by atoms with Gasteiger partial charge in [-0.1, -0.05) is 23.2 Å². The maximum atomic E-state index is 11.2. The summed E-state index contributed by atoms with van der Waals surface area (Å²) in [6.07, 6.45) is 0. The molecule has 108 valence electrons. The van der Waals surface area contributed by atoms with Crippen LogP contribution >= 0.6 is 38.4 Å². The van der Waals surface area contributed by atoms with Gasteiger partial charge in [0.1, 0.15) is 0 Å². The van der Waals surface area contributed by atoms with Crippen molar-refractivity contribution in [2.75, 3.05) is 0 Å². The molecule has 0 radical (unpaired) electrons. The fourth-order valence-electron chi connectivity index (χ4n) is 1.27. The Bertz CT molecular complexity index is 560. The van der Waals surface area contributed by atoms with Crippen molar-refractivity contribution in [3.63, 3.8) is 0 Å². The number of aromatic hydroxyl groups is 1. The molecule has 6 N–H and O–H groups in total. The Morgan fingerprint density at radius 1 is 0.947 bits per heavy atom. The Labute approximate surface area is 116 Å². The van der Waals surface area contributed by atoms with Gasteiger partial charge in [-0.15, -0.1) is 0 Å². The van der Waals surface area contributed by atoms with Crippen LogP contribution in [0, 0.1) is 0 Å². The van der Waals surface area contributed by atoms with Crippen LogP contribution in [0.3, 0.4) is 0 Å². The Morgan fingerprint density at radius 3 is 1.53 bits per heavy atom. The predicted octanol–water partition coefficient (Wildman–Crippen LogP) is 1.16. The fraction of sp³-hybridized carbons (Fsp3) is 0.143. The summed E-state index contributed by atoms with van der Waals surface area (Å²) in [5.74, 6) is -0.661. The summed E-state index contributed by atoms with van der Waals surface area (Å²) in [5, 5.41) is 14.2. The minimum atomic E-state index is -5.69. The third-order valence-corrected chi connectivity index (χ3v) is 6.50. The number of halogens is 2. The lowest BCUT2D eigenvalue weighted by Gasteiger charge is -2.29. The van der Waals surface area contributed by atoms with E-state index in [0.29, 0.717) is 12.1 Å². The number of aliphatic hydroxyl groups is 1. The van der Waals surface area contributed by atoms with E-state index in [2.05, 4.69) is 0 Å². The highest BCUT2D eigenvalue weighted by molar-refractivity contribution is 7.71. The van der Waals surface area contributed by atoms with Crippen LogP contribution in [-0.2, 0) is 14.2 Å². The molecule has 19 heavy (non-hydrogen) atoms. The molecular weight excluding hydrogens is 345 g/mol. The van der Waals surface area contributed by atoms with Crippen LogP contribution in [0.15, 0.2) is 12.1 Å². The molecule has 1 aromatic rings. The number of phenolic OH excluding ortho intramolecular Hbond substituents is 1. The van der Waals surface area contributed by atoms with Gasteiger partial charge in [-0.2, -0.15) is 0 Å². The molecule has 0 aromatic heterocycles. The average Bonchev–Trinajstić information content (AvgIpc) is 2.20. The summed E-state index contributed by atoms with van der Waals surface area (Å²) in [6, 6.07) is 1.20. The lowest BCUT2D eigenvalue weighted by Crippen LogP contribution is -2.25. The molecule has 0 aliphatic rings. The molecule has 0 atom stereocenters. The SMILES string of the molecule is O=P(O)(O)C(O)(c1cc(Cl)c(O)c(Cl)c1)P(=O)(O)O. The van der Waals surface area contributed by atoms with Crippen molar-refractivity contribution in [3.05, 3.63) is 27.7 Å². The van der Waals surface area contributed by atoms with Gasteiger partial charge in [-0.25, -0.2) is 0 Å². The topological polar surface area (TPSA) is 156 Å². The molecule has 0 saturated carbocycles. The molecule has 0 saturated heterocycles. The first-order valence-corrected chi connectivity index (χ1v) is 8.32. The largest absolute Gasteiger partial charge is 0.505 e. The van der Waals surface area contributed by atoms with E-state index in [1.807, 2.05) is 0 Å². The summed E-state index contributed by atoms with van der Waals surface area (Å²) in [7, 11) is -11.4. The molecule has 0 bridgehead atoms. The number of hydrogen-bond donors (Lipinski definition) is 6. The van der Waals surface area contributed by atoms with Crippen LogP contribution in [0.1, 0.15) is 5.56 Å². The highest BCUT2D eigenvalue weighted by Crippen LogP contribution is 2.73. The summed E-state index contributed by atoms with van der Waals surface area (Å²) < 4.78 is 22.4. The zero-order valence-corrected chi connectivity index (χ0v) is 12.1. The smallest absolute Gasteiger partial charge is 0.374 e. The third kappa shape index (κ3) is 2.83. The molecule has 8 nitrogen and oxygen atoms in total. The molecule has 1 aromatic carbocycles. The van der Waals surface area contributed by atoms with Crippen LogP contribution < -0.4 is 0 Å². The molecule has 0 aliphatic carbocycles. The van der Waals surface area contributed by atoms with E-state index in [-0.39, 0.29) is 0 Å². The lowest BCUT2D eigenvalue weighted by atomic mass is 10.2. The summed E-state index contributed by atoms with van der Waals surface area (Å²) in [5.41, 5.74) is -0.915. The second-order valence-electron chi connectivity index (χ2n) is 3.51. The van der Waals surface area contributed by atoms with Gasteiger partial charge in [0, 0.05) is 5.56 Å². The Hall–Kier alpha value is -0.140. The highest BCUT2D eigenvalue weighted by atomic mass is 35.5. The standard InChI is InChI=1S/C7H8Cl2O8P2/c8-4-1-3(2-5(9)6(4)10)7(11,18(12,13)14)19(15,16)17/h1-2,10-11H,(H2,12,13,14)(H2,15,16,17). The van der Waals surface area contributed by atoms with E-state index in [9.17, 15) is 19.3 Å². The first-order chi connectivity index (χ1) is 8.32. The predicted molar refractivity (Wildman–Crippen MR) is 66.1 cm³/mol. The number of benzene rings is 1. The Balaban J connectivity index is 3.72. The minimum absolute atomic E-state index is 0.539. The van der Waals surface area contributed by atoms with E-state index in [4.69, 9.17) is 42.8 Å². The Kier molecular flexibility index (Phi) is 4.45. The van der Waals surface area contributed by atoms with E-state index in [0.717, 1.165) is 0 Å². The lowest BCUT2D eigenvalue weighted by molar-refractivity contribution is 0.131. The van der Waals surface area contributed by atoms with Crippen molar-refractivity contribution in [1.82, 2.24) is 0 Å². The van der Waals surface area contributed by atoms with Gasteiger partial charge in [0.25, 0.3) is 5.08 Å². The molecule has 0 heterocycles. The summed E-state index contributed by atoms with van der Waals surface area (Å²) in [6.45, 7) is 0. The van der Waals surface area contributed by atoms with Crippen molar-refractivity contribution >= 4 is 38.4 Å². The van der Waals surface area contributed by atoms with Crippen LogP contribution in [0.4, 0.5) is 0 Å². The van der Waals surface area contributed by atoms with Crippen LogP contribution in [-0.4, -0.2) is 29.8 Å². The molecule has 0 amide bonds. The van der Waals surface area contributed by atoms with Gasteiger partial charge in [-0.3, -0.25) is 9.13 Å². The zero-order valence-electron chi connectivity index (χ0n) is 8.80. The molecular formula is C7H8Cl2O8P2. The average molecular weight is 353 g/mol. The van der Waals surface area contributed by atoms with E-state index in [1.165, 1.54) is 0 Å². The van der Waals surface area contributed by atoms with E-state index >= 15 is 0 Å². The van der Waals surface area contributed by atoms with Gasteiger partial charge in [0.05, 0.1) is 10.0 Å². The summed E-state index contributed by atoms with van der Waals surface area (Å²) in [4.78, 5) is 36.0. The number of rotatable bonds is 3. The summed E-state index contributed by atoms with van der Waals surface area (Å²) >= 11 is 10.9. The van der Waals surface area contributed by atoms with Crippen molar-refractivity contribution in [3.8, 4) is 5.75 Å². The van der Waals surface area contributed by atoms with Gasteiger partial charge in [-0.05, 0) is 12.1 Å². The van der Waals surface area contributed by atoms with Gasteiger partial charge >= 0.3 is 15.2 Å². The fourth-order valence-corrected chi connectivity index (χ4v) is 4.04. The van der Waals surface area contributed by atoms with Gasteiger partial charge in [0.15, 0.2) is 5.75 Å². The number of hydrogen-bond acceptors (Lipinski definition) is 4. The van der Waals surface area contributed by atoms with Crippen molar-refractivity contribution < 1.29 is 38.9 Å². The molecule has 0 unspecified atom stereocenters. The van der Waals surface area contributed by atoms with Gasteiger partial charge < -0.3 is 29.8 Å². The monoisotopic (exact) mass is 352 g/mol. The second-order valence-corrected chi connectivity index (χ2v) is 8.15. The molecule has 0 aliphatic heterocycles. The van der Waals surface area contributed by atoms with Crippen LogP contribution in [0.25, 0.3) is 0 Å². The normalized spacial score (nSPS) is 13.6. The third-order valence-electron chi connectivity index (χ3n) is 2.22. The van der Waals surface area contributed by atoms with E-state index in [1.54, 1.807) is 0 Å². The van der Waals surface area contributed by atoms with Crippen LogP contribution in [0.5, 0.6) is 5.75 Å². The van der Waals surface area contributed by atoms with Gasteiger partial charge in [0.2, 0.25) is 0 Å². The van der Waals surface area contributed by atoms with Crippen LogP contribution in [0.2, 0.25) is 10.0 Å². The zero-order chi connectivity index (χ0) is 15.2. The second kappa shape index (κ2) is 5.00. The first-order valence-electron chi connectivity index (χ1n) is 4.34. The quantitative estimate of drug-likeness (QED) is 0.442. The molecule has 0 spiro atoms. The molecule has 0 fully saturated rings. The van der Waals surface area contributed by atoms with Crippen molar-refractivity contribution in [2.24, 2.45) is 0 Å². The Morgan fingerprint density at radius 2 is 1.26 bits per heavy atom. The van der Waals surface area contributed by atoms with Crippen molar-refractivity contribution in [2.45, 2.75) is 5.08 Å². The first kappa shape index (κ1) is 16.9. The van der Waals surface area contributed by atoms with Crippen molar-refractivity contribution in [1.29, 1.82) is 0 Å². The minimum Gasteiger partial charge on any atom is -0.505 e.